The Morgan fingerprint density at radius 2 is 1.88 bits per heavy atom. The number of halogens is 1. The average Bonchev–Trinajstić information content (AvgIpc) is 2.35. The van der Waals surface area contributed by atoms with Crippen LogP contribution in [0.5, 0.6) is 0 Å². The van der Waals surface area contributed by atoms with Gasteiger partial charge >= 0.3 is 0 Å². The summed E-state index contributed by atoms with van der Waals surface area (Å²) < 4.78 is 0. The van der Waals surface area contributed by atoms with Crippen LogP contribution in [0.1, 0.15) is 0 Å². The van der Waals surface area contributed by atoms with Crippen molar-refractivity contribution in [2.45, 2.75) is 0 Å². The maximum Gasteiger partial charge on any atom is 0.168 e. The molecule has 2 rings (SSSR count). The van der Waals surface area contributed by atoms with Crippen molar-refractivity contribution in [1.82, 2.24) is 15.0 Å². The lowest BCUT2D eigenvalue weighted by molar-refractivity contribution is 1.14. The fraction of sp³-hybridized carbons (Fsp3) is 0. The number of hydrogen-bond acceptors (Lipinski definition) is 7. The van der Waals surface area contributed by atoms with Gasteiger partial charge in [0.15, 0.2) is 11.6 Å². The zero-order chi connectivity index (χ0) is 12.3. The van der Waals surface area contributed by atoms with Crippen LogP contribution in [0.3, 0.4) is 0 Å². The van der Waals surface area contributed by atoms with Crippen molar-refractivity contribution in [3.05, 3.63) is 29.7 Å². The Bertz CT molecular complexity index is 513. The van der Waals surface area contributed by atoms with E-state index in [-0.39, 0.29) is 0 Å². The number of rotatable bonds is 3. The summed E-state index contributed by atoms with van der Waals surface area (Å²) in [6, 6.07) is 3.41. The van der Waals surface area contributed by atoms with Gasteiger partial charge in [-0.15, -0.1) is 0 Å². The van der Waals surface area contributed by atoms with Crippen LogP contribution < -0.4 is 22.3 Å². The van der Waals surface area contributed by atoms with E-state index in [1.54, 1.807) is 12.1 Å². The molecule has 0 saturated heterocycles. The molecule has 0 bridgehead atoms. The normalized spacial score (nSPS) is 10.0. The summed E-state index contributed by atoms with van der Waals surface area (Å²) in [4.78, 5) is 11.9. The van der Waals surface area contributed by atoms with Crippen LogP contribution in [0.4, 0.5) is 23.1 Å². The predicted molar refractivity (Wildman–Crippen MR) is 66.8 cm³/mol. The number of anilines is 4. The molecule has 8 heteroatoms. The first-order valence-corrected chi connectivity index (χ1v) is 5.04. The summed E-state index contributed by atoms with van der Waals surface area (Å²) in [6.45, 7) is 0. The topological polar surface area (TPSA) is 115 Å². The second kappa shape index (κ2) is 4.81. The van der Waals surface area contributed by atoms with Crippen LogP contribution in [0, 0.1) is 0 Å². The highest BCUT2D eigenvalue weighted by Crippen LogP contribution is 2.24. The monoisotopic (exact) mass is 251 g/mol. The maximum atomic E-state index is 5.79. The molecule has 0 atom stereocenters. The molecule has 0 saturated carbocycles. The van der Waals surface area contributed by atoms with Crippen molar-refractivity contribution >= 4 is 34.7 Å². The quantitative estimate of drug-likeness (QED) is 0.478. The zero-order valence-electron chi connectivity index (χ0n) is 8.68. The highest BCUT2D eigenvalue weighted by atomic mass is 35.5. The molecule has 0 aliphatic heterocycles. The van der Waals surface area contributed by atoms with E-state index in [4.69, 9.17) is 23.2 Å². The van der Waals surface area contributed by atoms with Crippen LogP contribution in [-0.2, 0) is 0 Å². The zero-order valence-corrected chi connectivity index (χ0v) is 9.44. The Hall–Kier alpha value is -2.12. The van der Waals surface area contributed by atoms with Gasteiger partial charge in [-0.2, -0.15) is 0 Å². The van der Waals surface area contributed by atoms with Crippen LogP contribution in [0.25, 0.3) is 0 Å². The Labute approximate surface area is 102 Å². The van der Waals surface area contributed by atoms with Gasteiger partial charge in [-0.3, -0.25) is 0 Å². The third-order valence-corrected chi connectivity index (χ3v) is 2.22. The van der Waals surface area contributed by atoms with E-state index < -0.39 is 0 Å². The Morgan fingerprint density at radius 3 is 2.53 bits per heavy atom. The summed E-state index contributed by atoms with van der Waals surface area (Å²) >= 11 is 5.73. The molecule has 2 heterocycles. The fourth-order valence-electron chi connectivity index (χ4n) is 1.18. The molecule has 88 valence electrons. The summed E-state index contributed by atoms with van der Waals surface area (Å²) in [5.41, 5.74) is 8.47. The highest BCUT2D eigenvalue weighted by Gasteiger charge is 2.07. The van der Waals surface area contributed by atoms with Crippen molar-refractivity contribution in [3.63, 3.8) is 0 Å². The summed E-state index contributed by atoms with van der Waals surface area (Å²) in [5.74, 6) is 6.59. The van der Waals surface area contributed by atoms with Gasteiger partial charge < -0.3 is 16.5 Å². The minimum absolute atomic E-state index is 0.312. The van der Waals surface area contributed by atoms with Crippen LogP contribution in [-0.4, -0.2) is 15.0 Å². The lowest BCUT2D eigenvalue weighted by Crippen LogP contribution is -2.12. The van der Waals surface area contributed by atoms with E-state index in [0.29, 0.717) is 28.2 Å². The summed E-state index contributed by atoms with van der Waals surface area (Å²) in [7, 11) is 0. The van der Waals surface area contributed by atoms with Gasteiger partial charge in [-0.25, -0.2) is 20.8 Å². The fourth-order valence-corrected chi connectivity index (χ4v) is 1.29. The van der Waals surface area contributed by atoms with E-state index in [1.165, 1.54) is 12.5 Å². The van der Waals surface area contributed by atoms with E-state index in [2.05, 4.69) is 25.7 Å². The summed E-state index contributed by atoms with van der Waals surface area (Å²) in [5, 5.41) is 3.48. The standard InChI is InChI=1S/C9H10ClN7/c10-5-1-2-6(13-3-5)16-8-7(11)9(17-12)15-4-14-8/h1-4H,11-12H2,(H2,13,14,15,16,17). The van der Waals surface area contributed by atoms with E-state index in [9.17, 15) is 0 Å². The Balaban J connectivity index is 2.27. The van der Waals surface area contributed by atoms with Gasteiger partial charge in [0.1, 0.15) is 17.8 Å². The molecule has 2 aromatic rings. The molecule has 0 unspecified atom stereocenters. The number of hydrogen-bond donors (Lipinski definition) is 4. The minimum Gasteiger partial charge on any atom is -0.393 e. The molecule has 6 N–H and O–H groups in total. The first-order chi connectivity index (χ1) is 8.20. The van der Waals surface area contributed by atoms with Crippen molar-refractivity contribution in [3.8, 4) is 0 Å². The molecule has 0 aliphatic rings. The molecule has 7 nitrogen and oxygen atoms in total. The molecule has 0 amide bonds. The molecule has 0 aromatic carbocycles. The predicted octanol–water partition coefficient (Wildman–Crippen LogP) is 1.14. The number of nitrogen functional groups attached to an aromatic ring is 2. The molecule has 17 heavy (non-hydrogen) atoms. The second-order valence-corrected chi connectivity index (χ2v) is 3.55. The smallest absolute Gasteiger partial charge is 0.168 e. The molecule has 0 spiro atoms. The number of nitrogens with zero attached hydrogens (tertiary/aromatic N) is 3. The number of nitrogens with one attached hydrogen (secondary N) is 2. The van der Waals surface area contributed by atoms with Gasteiger partial charge in [0.25, 0.3) is 0 Å². The van der Waals surface area contributed by atoms with E-state index in [0.717, 1.165) is 0 Å². The minimum atomic E-state index is 0.312. The van der Waals surface area contributed by atoms with E-state index >= 15 is 0 Å². The van der Waals surface area contributed by atoms with Gasteiger partial charge in [0.2, 0.25) is 0 Å². The lowest BCUT2D eigenvalue weighted by atomic mass is 10.4. The van der Waals surface area contributed by atoms with Crippen molar-refractivity contribution in [2.75, 3.05) is 16.5 Å². The molecule has 0 aliphatic carbocycles. The van der Waals surface area contributed by atoms with Crippen molar-refractivity contribution in [1.29, 1.82) is 0 Å². The van der Waals surface area contributed by atoms with Crippen molar-refractivity contribution in [2.24, 2.45) is 5.84 Å². The van der Waals surface area contributed by atoms with E-state index in [1.807, 2.05) is 0 Å². The number of pyridine rings is 1. The Morgan fingerprint density at radius 1 is 1.12 bits per heavy atom. The SMILES string of the molecule is NNc1ncnc(Nc2ccc(Cl)cn2)c1N. The molecular formula is C9H10ClN7. The van der Waals surface area contributed by atoms with Crippen LogP contribution in [0.2, 0.25) is 5.02 Å². The molecule has 2 aromatic heterocycles. The van der Waals surface area contributed by atoms with Gasteiger partial charge in [-0.05, 0) is 12.1 Å². The molecular weight excluding hydrogens is 242 g/mol. The highest BCUT2D eigenvalue weighted by molar-refractivity contribution is 6.30. The van der Waals surface area contributed by atoms with Crippen LogP contribution in [0.15, 0.2) is 24.7 Å². The lowest BCUT2D eigenvalue weighted by Gasteiger charge is -2.09. The maximum absolute atomic E-state index is 5.79. The first-order valence-electron chi connectivity index (χ1n) is 4.66. The number of aromatic nitrogens is 3. The Kier molecular flexibility index (Phi) is 3.22. The van der Waals surface area contributed by atoms with Crippen molar-refractivity contribution < 1.29 is 0 Å². The average molecular weight is 252 g/mol. The van der Waals surface area contributed by atoms with Gasteiger partial charge in [0, 0.05) is 6.20 Å². The molecule has 0 fully saturated rings. The third kappa shape index (κ3) is 2.52. The summed E-state index contributed by atoms with van der Waals surface area (Å²) in [6.07, 6.45) is 2.85. The van der Waals surface area contributed by atoms with Gasteiger partial charge in [0.05, 0.1) is 5.02 Å². The largest absolute Gasteiger partial charge is 0.393 e. The number of hydrazine groups is 1. The van der Waals surface area contributed by atoms with Crippen LogP contribution >= 0.6 is 11.6 Å². The number of nitrogens with two attached hydrogens (primary N) is 2. The van der Waals surface area contributed by atoms with Gasteiger partial charge in [-0.1, -0.05) is 11.6 Å². The molecule has 0 radical (unpaired) electrons. The second-order valence-electron chi connectivity index (χ2n) is 3.12. The first kappa shape index (κ1) is 11.4. The third-order valence-electron chi connectivity index (χ3n) is 1.99.